The van der Waals surface area contributed by atoms with Crippen molar-refractivity contribution in [1.82, 2.24) is 10.1 Å². The van der Waals surface area contributed by atoms with Crippen molar-refractivity contribution < 1.29 is 13.7 Å². The number of para-hydroxylation sites is 1. The van der Waals surface area contributed by atoms with Crippen LogP contribution in [0, 0.1) is 5.82 Å². The molecule has 0 radical (unpaired) electrons. The fraction of sp³-hybridized carbons (Fsp3) is 0.391. The van der Waals surface area contributed by atoms with E-state index in [1.807, 2.05) is 17.0 Å². The Morgan fingerprint density at radius 1 is 1.14 bits per heavy atom. The first-order chi connectivity index (χ1) is 14.2. The number of anilines is 1. The lowest BCUT2D eigenvalue weighted by atomic mass is 9.91. The first-order valence-electron chi connectivity index (χ1n) is 10.3. The Balaban J connectivity index is 1.23. The number of carbonyl (C=O) groups excluding carboxylic acids is 1. The van der Waals surface area contributed by atoms with Crippen LogP contribution in [-0.4, -0.2) is 42.1 Å². The number of hydrogen-bond donors (Lipinski definition) is 0. The second kappa shape index (κ2) is 7.59. The summed E-state index contributed by atoms with van der Waals surface area (Å²) in [4.78, 5) is 17.2. The Labute approximate surface area is 169 Å². The molecule has 3 heterocycles. The second-order valence-electron chi connectivity index (χ2n) is 8.04. The predicted octanol–water partition coefficient (Wildman–Crippen LogP) is 4.13. The Morgan fingerprint density at radius 3 is 2.83 bits per heavy atom. The van der Waals surface area contributed by atoms with Crippen LogP contribution in [0.2, 0.25) is 0 Å². The van der Waals surface area contributed by atoms with Gasteiger partial charge in [-0.05, 0) is 62.5 Å². The maximum Gasteiger partial charge on any atom is 0.241 e. The van der Waals surface area contributed by atoms with Crippen molar-refractivity contribution >= 4 is 22.6 Å². The summed E-state index contributed by atoms with van der Waals surface area (Å²) in [5.74, 6) is 0.148. The topological polar surface area (TPSA) is 49.6 Å². The average Bonchev–Trinajstić information content (AvgIpc) is 3.17. The zero-order valence-corrected chi connectivity index (χ0v) is 16.3. The molecule has 2 aliphatic rings. The van der Waals surface area contributed by atoms with Gasteiger partial charge in [0.2, 0.25) is 5.91 Å². The molecule has 150 valence electrons. The maximum atomic E-state index is 13.4. The Kier molecular flexibility index (Phi) is 4.79. The van der Waals surface area contributed by atoms with E-state index in [0.717, 1.165) is 62.1 Å². The van der Waals surface area contributed by atoms with Gasteiger partial charge in [0.15, 0.2) is 5.58 Å². The predicted molar refractivity (Wildman–Crippen MR) is 109 cm³/mol. The van der Waals surface area contributed by atoms with Gasteiger partial charge in [0, 0.05) is 29.6 Å². The highest BCUT2D eigenvalue weighted by Gasteiger charge is 2.28. The normalized spacial score (nSPS) is 18.2. The minimum absolute atomic E-state index is 0.179. The minimum Gasteiger partial charge on any atom is -0.356 e. The number of carbonyl (C=O) groups is 1. The number of halogens is 1. The van der Waals surface area contributed by atoms with Crippen molar-refractivity contribution in [2.75, 3.05) is 31.1 Å². The number of fused-ring (bicyclic) bond motifs is 2. The molecule has 6 heteroatoms. The molecule has 5 nitrogen and oxygen atoms in total. The van der Waals surface area contributed by atoms with Gasteiger partial charge in [0.25, 0.3) is 0 Å². The lowest BCUT2D eigenvalue weighted by Crippen LogP contribution is -2.45. The van der Waals surface area contributed by atoms with Gasteiger partial charge >= 0.3 is 0 Å². The van der Waals surface area contributed by atoms with E-state index in [9.17, 15) is 9.18 Å². The van der Waals surface area contributed by atoms with Crippen molar-refractivity contribution in [1.29, 1.82) is 0 Å². The van der Waals surface area contributed by atoms with Gasteiger partial charge in [-0.25, -0.2) is 4.39 Å². The molecular formula is C23H24FN3O2. The lowest BCUT2D eigenvalue weighted by Gasteiger charge is -2.34. The summed E-state index contributed by atoms with van der Waals surface area (Å²) in [5.41, 5.74) is 3.75. The molecule has 0 atom stereocenters. The van der Waals surface area contributed by atoms with Gasteiger partial charge in [-0.2, -0.15) is 0 Å². The van der Waals surface area contributed by atoms with Crippen molar-refractivity contribution in [3.63, 3.8) is 0 Å². The number of amides is 1. The van der Waals surface area contributed by atoms with Crippen LogP contribution in [0.25, 0.3) is 11.0 Å². The third-order valence-electron chi connectivity index (χ3n) is 6.21. The number of benzene rings is 2. The molecule has 0 unspecified atom stereocenters. The Morgan fingerprint density at radius 2 is 1.97 bits per heavy atom. The van der Waals surface area contributed by atoms with Gasteiger partial charge in [-0.1, -0.05) is 23.4 Å². The van der Waals surface area contributed by atoms with E-state index in [4.69, 9.17) is 4.52 Å². The van der Waals surface area contributed by atoms with Gasteiger partial charge in [0.1, 0.15) is 5.82 Å². The SMILES string of the molecule is O=C(CN1CCC(c2noc3cc(F)ccc23)CC1)N1CCCc2ccccc21. The molecule has 1 fully saturated rings. The van der Waals surface area contributed by atoms with Crippen LogP contribution in [0.1, 0.15) is 36.4 Å². The van der Waals surface area contributed by atoms with Crippen molar-refractivity contribution in [3.8, 4) is 0 Å². The van der Waals surface area contributed by atoms with Crippen LogP contribution in [0.15, 0.2) is 47.0 Å². The molecule has 2 aromatic carbocycles. The average molecular weight is 393 g/mol. The smallest absolute Gasteiger partial charge is 0.241 e. The van der Waals surface area contributed by atoms with E-state index in [0.29, 0.717) is 12.1 Å². The van der Waals surface area contributed by atoms with Crippen LogP contribution in [0.3, 0.4) is 0 Å². The molecule has 3 aromatic rings. The summed E-state index contributed by atoms with van der Waals surface area (Å²) < 4.78 is 18.7. The molecule has 0 N–H and O–H groups in total. The second-order valence-corrected chi connectivity index (χ2v) is 8.04. The Hall–Kier alpha value is -2.73. The highest BCUT2D eigenvalue weighted by Crippen LogP contribution is 2.33. The maximum absolute atomic E-state index is 13.4. The van der Waals surface area contributed by atoms with E-state index in [1.54, 1.807) is 6.07 Å². The molecule has 0 saturated carbocycles. The number of aryl methyl sites for hydroxylation is 1. The lowest BCUT2D eigenvalue weighted by molar-refractivity contribution is -0.120. The summed E-state index contributed by atoms with van der Waals surface area (Å²) in [6.45, 7) is 2.95. The Bertz CT molecular complexity index is 1040. The van der Waals surface area contributed by atoms with E-state index >= 15 is 0 Å². The van der Waals surface area contributed by atoms with Crippen molar-refractivity contribution in [3.05, 3.63) is 59.5 Å². The van der Waals surface area contributed by atoms with Crippen LogP contribution in [-0.2, 0) is 11.2 Å². The fourth-order valence-electron chi connectivity index (χ4n) is 4.66. The summed E-state index contributed by atoms with van der Waals surface area (Å²) in [6, 6.07) is 12.8. The summed E-state index contributed by atoms with van der Waals surface area (Å²) >= 11 is 0. The number of aromatic nitrogens is 1. The van der Waals surface area contributed by atoms with Crippen LogP contribution < -0.4 is 4.90 Å². The van der Waals surface area contributed by atoms with Gasteiger partial charge in [0.05, 0.1) is 12.2 Å². The van der Waals surface area contributed by atoms with E-state index < -0.39 is 0 Å². The van der Waals surface area contributed by atoms with Crippen LogP contribution >= 0.6 is 0 Å². The minimum atomic E-state index is -0.312. The zero-order valence-electron chi connectivity index (χ0n) is 16.3. The molecule has 1 amide bonds. The van der Waals surface area contributed by atoms with Crippen molar-refractivity contribution in [2.24, 2.45) is 0 Å². The molecule has 1 saturated heterocycles. The van der Waals surface area contributed by atoms with Crippen LogP contribution in [0.4, 0.5) is 10.1 Å². The van der Waals surface area contributed by atoms with Crippen LogP contribution in [0.5, 0.6) is 0 Å². The van der Waals surface area contributed by atoms with E-state index in [2.05, 4.69) is 22.2 Å². The standard InChI is InChI=1S/C23H24FN3O2/c24-18-7-8-19-21(14-18)29-25-23(19)17-9-12-26(13-10-17)15-22(28)27-11-3-5-16-4-1-2-6-20(16)27/h1-2,4,6-8,14,17H,3,5,9-13,15H2. The fourth-order valence-corrected chi connectivity index (χ4v) is 4.66. The number of nitrogens with zero attached hydrogens (tertiary/aromatic N) is 3. The van der Waals surface area contributed by atoms with Gasteiger partial charge < -0.3 is 9.42 Å². The number of piperidine rings is 1. The summed E-state index contributed by atoms with van der Waals surface area (Å²) in [6.07, 6.45) is 3.90. The molecule has 29 heavy (non-hydrogen) atoms. The zero-order chi connectivity index (χ0) is 19.8. The third kappa shape index (κ3) is 3.53. The molecule has 1 aromatic heterocycles. The molecule has 0 spiro atoms. The van der Waals surface area contributed by atoms with Gasteiger partial charge in [-0.15, -0.1) is 0 Å². The molecule has 5 rings (SSSR count). The third-order valence-corrected chi connectivity index (χ3v) is 6.21. The van der Waals surface area contributed by atoms with Gasteiger partial charge in [-0.3, -0.25) is 9.69 Å². The monoisotopic (exact) mass is 393 g/mol. The summed E-state index contributed by atoms with van der Waals surface area (Å²) in [5, 5.41) is 5.10. The molecule has 0 aliphatic carbocycles. The molecular weight excluding hydrogens is 369 g/mol. The van der Waals surface area contributed by atoms with Crippen molar-refractivity contribution in [2.45, 2.75) is 31.6 Å². The van der Waals surface area contributed by atoms with E-state index in [-0.39, 0.29) is 17.6 Å². The summed E-state index contributed by atoms with van der Waals surface area (Å²) in [7, 11) is 0. The number of rotatable bonds is 3. The highest BCUT2D eigenvalue weighted by atomic mass is 19.1. The molecule has 2 aliphatic heterocycles. The molecule has 0 bridgehead atoms. The quantitative estimate of drug-likeness (QED) is 0.672. The largest absolute Gasteiger partial charge is 0.356 e. The first-order valence-corrected chi connectivity index (χ1v) is 10.3. The van der Waals surface area contributed by atoms with E-state index in [1.165, 1.54) is 17.7 Å². The number of hydrogen-bond acceptors (Lipinski definition) is 4. The first kappa shape index (κ1) is 18.3. The number of likely N-dealkylation sites (tertiary alicyclic amines) is 1. The highest BCUT2D eigenvalue weighted by molar-refractivity contribution is 5.96.